The van der Waals surface area contributed by atoms with E-state index < -0.39 is 11.3 Å². The summed E-state index contributed by atoms with van der Waals surface area (Å²) in [5, 5.41) is 0. The number of hydrogen-bond acceptors (Lipinski definition) is 3. The Hall–Kier alpha value is -2.43. The van der Waals surface area contributed by atoms with Crippen molar-refractivity contribution in [3.63, 3.8) is 0 Å². The third kappa shape index (κ3) is 3.43. The van der Waals surface area contributed by atoms with Gasteiger partial charge in [0.25, 0.3) is 5.92 Å². The van der Waals surface area contributed by atoms with Gasteiger partial charge in [-0.2, -0.15) is 0 Å². The lowest BCUT2D eigenvalue weighted by molar-refractivity contribution is -0.0200. The molecule has 1 aliphatic carbocycles. The second-order valence-electron chi connectivity index (χ2n) is 6.80. The van der Waals surface area contributed by atoms with E-state index in [9.17, 15) is 13.6 Å². The smallest absolute Gasteiger partial charge is 0.338 e. The number of rotatable bonds is 6. The first-order chi connectivity index (χ1) is 12.3. The molecule has 5 heteroatoms. The minimum absolute atomic E-state index is 0.320. The lowest BCUT2D eigenvalue weighted by Gasteiger charge is -2.24. The minimum Gasteiger partial charge on any atom is -0.462 e. The minimum atomic E-state index is -2.73. The van der Waals surface area contributed by atoms with E-state index in [1.54, 1.807) is 49.4 Å². The SMILES string of the molecule is CCOC(=O)c1ccc(Oc2ccc(C3(C(C)(F)F)CC3)cc2C)cc1. The van der Waals surface area contributed by atoms with Crippen molar-refractivity contribution in [3.8, 4) is 11.5 Å². The molecule has 1 fully saturated rings. The molecule has 138 valence electrons. The van der Waals surface area contributed by atoms with Gasteiger partial charge < -0.3 is 9.47 Å². The molecule has 0 bridgehead atoms. The molecule has 2 aromatic rings. The van der Waals surface area contributed by atoms with E-state index in [2.05, 4.69) is 0 Å². The zero-order chi connectivity index (χ0) is 18.9. The molecule has 1 aliphatic rings. The number of esters is 1. The molecule has 0 aromatic heterocycles. The van der Waals surface area contributed by atoms with Crippen LogP contribution in [0.5, 0.6) is 11.5 Å². The van der Waals surface area contributed by atoms with Gasteiger partial charge in [-0.1, -0.05) is 12.1 Å². The maximum Gasteiger partial charge on any atom is 0.338 e. The maximum absolute atomic E-state index is 13.9. The van der Waals surface area contributed by atoms with Crippen molar-refractivity contribution >= 4 is 5.97 Å². The van der Waals surface area contributed by atoms with Gasteiger partial charge in [0.05, 0.1) is 17.6 Å². The van der Waals surface area contributed by atoms with Crippen LogP contribution in [0.3, 0.4) is 0 Å². The van der Waals surface area contributed by atoms with E-state index in [0.29, 0.717) is 42.1 Å². The van der Waals surface area contributed by atoms with E-state index in [4.69, 9.17) is 9.47 Å². The van der Waals surface area contributed by atoms with Crippen molar-refractivity contribution in [2.45, 2.75) is 45.0 Å². The lowest BCUT2D eigenvalue weighted by atomic mass is 9.89. The maximum atomic E-state index is 13.9. The van der Waals surface area contributed by atoms with E-state index in [1.807, 2.05) is 6.92 Å². The Balaban J connectivity index is 1.76. The Labute approximate surface area is 151 Å². The predicted octanol–water partition coefficient (Wildman–Crippen LogP) is 5.65. The summed E-state index contributed by atoms with van der Waals surface area (Å²) in [6, 6.07) is 11.9. The van der Waals surface area contributed by atoms with Crippen LogP contribution in [0.4, 0.5) is 8.78 Å². The van der Waals surface area contributed by atoms with Crippen LogP contribution in [0, 0.1) is 6.92 Å². The second kappa shape index (κ2) is 6.71. The van der Waals surface area contributed by atoms with Gasteiger partial charge in [0, 0.05) is 6.92 Å². The van der Waals surface area contributed by atoms with Crippen LogP contribution in [0.2, 0.25) is 0 Å². The van der Waals surface area contributed by atoms with Crippen LogP contribution >= 0.6 is 0 Å². The standard InChI is InChI=1S/C21H22F2O3/c1-4-25-19(24)15-5-8-17(9-6-15)26-18-10-7-16(13-14(18)2)21(11-12-21)20(3,22)23/h5-10,13H,4,11-12H2,1-3H3. The molecule has 0 N–H and O–H groups in total. The van der Waals surface area contributed by atoms with Gasteiger partial charge in [0.1, 0.15) is 11.5 Å². The molecule has 2 aromatic carbocycles. The summed E-state index contributed by atoms with van der Waals surface area (Å²) in [5.74, 6) is -1.94. The first-order valence-electron chi connectivity index (χ1n) is 8.71. The zero-order valence-electron chi connectivity index (χ0n) is 15.1. The largest absolute Gasteiger partial charge is 0.462 e. The fraction of sp³-hybridized carbons (Fsp3) is 0.381. The topological polar surface area (TPSA) is 35.5 Å². The fourth-order valence-electron chi connectivity index (χ4n) is 3.17. The molecule has 0 unspecified atom stereocenters. The number of ether oxygens (including phenoxy) is 2. The first kappa shape index (κ1) is 18.4. The molecule has 3 nitrogen and oxygen atoms in total. The van der Waals surface area contributed by atoms with E-state index in [0.717, 1.165) is 12.5 Å². The van der Waals surface area contributed by atoms with Crippen LogP contribution in [-0.2, 0) is 10.2 Å². The quantitative estimate of drug-likeness (QED) is 0.624. The molecule has 3 rings (SSSR count). The molecule has 0 spiro atoms. The zero-order valence-corrected chi connectivity index (χ0v) is 15.1. The van der Waals surface area contributed by atoms with Crippen LogP contribution in [-0.4, -0.2) is 18.5 Å². The molecule has 0 saturated heterocycles. The van der Waals surface area contributed by atoms with Gasteiger partial charge >= 0.3 is 5.97 Å². The average Bonchev–Trinajstić information content (AvgIpc) is 3.39. The Bertz CT molecular complexity index is 803. The van der Waals surface area contributed by atoms with E-state index in [-0.39, 0.29) is 5.97 Å². The number of alkyl halides is 2. The normalized spacial score (nSPS) is 15.4. The van der Waals surface area contributed by atoms with Crippen molar-refractivity contribution in [3.05, 3.63) is 59.2 Å². The summed E-state index contributed by atoms with van der Waals surface area (Å²) in [7, 11) is 0. The van der Waals surface area contributed by atoms with Gasteiger partial charge in [0.2, 0.25) is 0 Å². The van der Waals surface area contributed by atoms with Crippen molar-refractivity contribution in [2.24, 2.45) is 0 Å². The van der Waals surface area contributed by atoms with E-state index >= 15 is 0 Å². The van der Waals surface area contributed by atoms with Crippen molar-refractivity contribution < 1.29 is 23.0 Å². The summed E-state index contributed by atoms with van der Waals surface area (Å²) >= 11 is 0. The molecule has 26 heavy (non-hydrogen) atoms. The monoisotopic (exact) mass is 360 g/mol. The number of hydrogen-bond donors (Lipinski definition) is 0. The number of carbonyl (C=O) groups excluding carboxylic acids is 1. The third-order valence-electron chi connectivity index (χ3n) is 4.91. The molecule has 0 atom stereocenters. The Morgan fingerprint density at radius 3 is 2.31 bits per heavy atom. The highest BCUT2D eigenvalue weighted by molar-refractivity contribution is 5.89. The third-order valence-corrected chi connectivity index (χ3v) is 4.91. The molecular formula is C21H22F2O3. The summed E-state index contributed by atoms with van der Waals surface area (Å²) in [4.78, 5) is 11.7. The predicted molar refractivity (Wildman–Crippen MR) is 95.2 cm³/mol. The molecule has 1 saturated carbocycles. The molecule has 0 aliphatic heterocycles. The summed E-state index contributed by atoms with van der Waals surface area (Å²) in [6.07, 6.45) is 1.01. The first-order valence-corrected chi connectivity index (χ1v) is 8.71. The number of halogens is 2. The highest BCUT2D eigenvalue weighted by Crippen LogP contribution is 2.58. The molecule has 0 amide bonds. The number of carbonyl (C=O) groups is 1. The van der Waals surface area contributed by atoms with Crippen molar-refractivity contribution in [1.82, 2.24) is 0 Å². The molecular weight excluding hydrogens is 338 g/mol. The number of aryl methyl sites for hydroxylation is 1. The Morgan fingerprint density at radius 2 is 1.81 bits per heavy atom. The van der Waals surface area contributed by atoms with E-state index in [1.165, 1.54) is 0 Å². The van der Waals surface area contributed by atoms with Gasteiger partial charge in [-0.05, 0) is 68.1 Å². The fourth-order valence-corrected chi connectivity index (χ4v) is 3.17. The Morgan fingerprint density at radius 1 is 1.15 bits per heavy atom. The van der Waals surface area contributed by atoms with Gasteiger partial charge in [-0.25, -0.2) is 13.6 Å². The summed E-state index contributed by atoms with van der Waals surface area (Å²) in [6.45, 7) is 4.91. The van der Waals surface area contributed by atoms with Gasteiger partial charge in [-0.15, -0.1) is 0 Å². The van der Waals surface area contributed by atoms with Crippen molar-refractivity contribution in [1.29, 1.82) is 0 Å². The highest BCUT2D eigenvalue weighted by Gasteiger charge is 2.60. The van der Waals surface area contributed by atoms with Gasteiger partial charge in [-0.3, -0.25) is 0 Å². The van der Waals surface area contributed by atoms with Crippen LogP contribution < -0.4 is 4.74 Å². The van der Waals surface area contributed by atoms with Gasteiger partial charge in [0.15, 0.2) is 0 Å². The van der Waals surface area contributed by atoms with Crippen LogP contribution in [0.15, 0.2) is 42.5 Å². The van der Waals surface area contributed by atoms with Crippen LogP contribution in [0.25, 0.3) is 0 Å². The average molecular weight is 360 g/mol. The lowest BCUT2D eigenvalue weighted by Crippen LogP contribution is -2.30. The van der Waals surface area contributed by atoms with Crippen LogP contribution in [0.1, 0.15) is 48.2 Å². The second-order valence-corrected chi connectivity index (χ2v) is 6.80. The Kier molecular flexibility index (Phi) is 4.74. The molecule has 0 radical (unpaired) electrons. The molecule has 0 heterocycles. The summed E-state index contributed by atoms with van der Waals surface area (Å²) in [5.41, 5.74) is 0.879. The van der Waals surface area contributed by atoms with Crippen molar-refractivity contribution in [2.75, 3.05) is 6.61 Å². The highest BCUT2D eigenvalue weighted by atomic mass is 19.3. The number of benzene rings is 2. The summed E-state index contributed by atoms with van der Waals surface area (Å²) < 4.78 is 38.6.